The first-order valence-corrected chi connectivity index (χ1v) is 3.04. The maximum absolute atomic E-state index is 12.0. The van der Waals surface area contributed by atoms with E-state index in [0.717, 1.165) is 13.1 Å². The molecular formula is C7H4F3NO. The molecule has 0 spiro atoms. The Balaban J connectivity index is 3.10. The lowest BCUT2D eigenvalue weighted by Crippen LogP contribution is -2.23. The molecule has 0 N–H and O–H groups in total. The summed E-state index contributed by atoms with van der Waals surface area (Å²) in [6.45, 7) is 1.08. The van der Waals surface area contributed by atoms with Gasteiger partial charge in [-0.2, -0.15) is 13.2 Å². The summed E-state index contributed by atoms with van der Waals surface area (Å²) in [5, 5.41) is 3.14. The summed E-state index contributed by atoms with van der Waals surface area (Å²) in [5.41, 5.74) is -1.45. The highest BCUT2D eigenvalue weighted by Gasteiger charge is 2.36. The van der Waals surface area contributed by atoms with Crippen molar-refractivity contribution in [1.29, 1.82) is 0 Å². The Morgan fingerprint density at radius 2 is 2.08 bits per heavy atom. The van der Waals surface area contributed by atoms with Gasteiger partial charge in [-0.15, -0.1) is 0 Å². The number of halogens is 3. The van der Waals surface area contributed by atoms with Gasteiger partial charge < -0.3 is 0 Å². The number of hydrogen-bond acceptors (Lipinski definition) is 1. The molecule has 0 saturated heterocycles. The molecule has 0 atom stereocenters. The lowest BCUT2D eigenvalue weighted by molar-refractivity contribution is -0.119. The number of rotatable bonds is 0. The summed E-state index contributed by atoms with van der Waals surface area (Å²) in [7, 11) is 0. The first-order chi connectivity index (χ1) is 5.43. The molecule has 1 aliphatic heterocycles. The maximum atomic E-state index is 12.0. The quantitative estimate of drug-likeness (QED) is 0.546. The van der Waals surface area contributed by atoms with E-state index in [1.54, 1.807) is 0 Å². The van der Waals surface area contributed by atoms with Gasteiger partial charge in [0.1, 0.15) is 0 Å². The highest BCUT2D eigenvalue weighted by Crippen LogP contribution is 2.29. The first-order valence-electron chi connectivity index (χ1n) is 3.04. The van der Waals surface area contributed by atoms with E-state index >= 15 is 0 Å². The molecule has 1 aliphatic rings. The van der Waals surface area contributed by atoms with E-state index in [1.807, 2.05) is 6.08 Å². The minimum Gasteiger partial charge on any atom is -0.267 e. The van der Waals surface area contributed by atoms with Crippen molar-refractivity contribution in [2.45, 2.75) is 13.1 Å². The second-order valence-electron chi connectivity index (χ2n) is 2.21. The predicted octanol–water partition coefficient (Wildman–Crippen LogP) is 1.33. The molecule has 0 unspecified atom stereocenters. The van der Waals surface area contributed by atoms with E-state index < -0.39 is 23.2 Å². The number of amides is 1. The van der Waals surface area contributed by atoms with Gasteiger partial charge in [0.05, 0.1) is 5.57 Å². The van der Waals surface area contributed by atoms with Gasteiger partial charge in [0.15, 0.2) is 0 Å². The Morgan fingerprint density at radius 3 is 2.50 bits per heavy atom. The summed E-state index contributed by atoms with van der Waals surface area (Å²) in [6.07, 6.45) is -1.91. The van der Waals surface area contributed by atoms with E-state index in [0.29, 0.717) is 0 Å². The number of nitrogens with zero attached hydrogens (tertiary/aromatic N) is 1. The molecule has 0 fully saturated rings. The first kappa shape index (κ1) is 8.83. The number of hydrogen-bond donors (Lipinski definition) is 0. The zero-order valence-electron chi connectivity index (χ0n) is 6.07. The highest BCUT2D eigenvalue weighted by atomic mass is 19.4. The Hall–Kier alpha value is -1.26. The van der Waals surface area contributed by atoms with E-state index in [4.69, 9.17) is 0 Å². The smallest absolute Gasteiger partial charge is 0.267 e. The Morgan fingerprint density at radius 1 is 1.50 bits per heavy atom. The lowest BCUT2D eigenvalue weighted by Gasteiger charge is -2.12. The van der Waals surface area contributed by atoms with Crippen molar-refractivity contribution >= 4 is 5.91 Å². The van der Waals surface area contributed by atoms with Gasteiger partial charge in [-0.25, -0.2) is 5.32 Å². The molecule has 0 aromatic rings. The Labute approximate surface area is 66.8 Å². The van der Waals surface area contributed by atoms with Crippen LogP contribution < -0.4 is 5.32 Å². The number of alkyl halides is 3. The molecule has 1 rings (SSSR count). The average Bonchev–Trinajstić information content (AvgIpc) is 1.92. The summed E-state index contributed by atoms with van der Waals surface area (Å²) in [4.78, 5) is 10.7. The van der Waals surface area contributed by atoms with Crippen LogP contribution in [-0.4, -0.2) is 12.1 Å². The van der Waals surface area contributed by atoms with Crippen LogP contribution in [0.2, 0.25) is 0 Å². The molecule has 5 heteroatoms. The van der Waals surface area contributed by atoms with Crippen molar-refractivity contribution in [3.05, 3.63) is 23.4 Å². The second kappa shape index (κ2) is 2.66. The van der Waals surface area contributed by atoms with Gasteiger partial charge in [0, 0.05) is 17.8 Å². The zero-order valence-corrected chi connectivity index (χ0v) is 6.07. The minimum atomic E-state index is -4.52. The molecule has 1 heterocycles. The fraction of sp³-hybridized carbons (Fsp3) is 0.286. The topological polar surface area (TPSA) is 31.2 Å². The number of carbonyl (C=O) groups is 1. The van der Waals surface area contributed by atoms with Crippen molar-refractivity contribution in [2.24, 2.45) is 0 Å². The third-order valence-corrected chi connectivity index (χ3v) is 1.37. The van der Waals surface area contributed by atoms with Crippen molar-refractivity contribution in [1.82, 2.24) is 5.32 Å². The Bertz CT molecular complexity index is 275. The van der Waals surface area contributed by atoms with Crippen LogP contribution in [0.3, 0.4) is 0 Å². The summed E-state index contributed by atoms with van der Waals surface area (Å²) in [6, 6.07) is 0. The van der Waals surface area contributed by atoms with Crippen LogP contribution in [-0.2, 0) is 4.79 Å². The van der Waals surface area contributed by atoms with E-state index in [2.05, 4.69) is 5.32 Å². The fourth-order valence-electron chi connectivity index (χ4n) is 0.762. The molecule has 64 valence electrons. The summed E-state index contributed by atoms with van der Waals surface area (Å²) in [5.74, 6) is -0.860. The van der Waals surface area contributed by atoms with Crippen LogP contribution in [0.25, 0.3) is 0 Å². The minimum absolute atomic E-state index is 0.412. The van der Waals surface area contributed by atoms with E-state index in [-0.39, 0.29) is 0 Å². The van der Waals surface area contributed by atoms with E-state index in [9.17, 15) is 18.0 Å². The maximum Gasteiger partial charge on any atom is 0.417 e. The monoisotopic (exact) mass is 175 g/mol. The van der Waals surface area contributed by atoms with Gasteiger partial charge in [-0.1, -0.05) is 0 Å². The lowest BCUT2D eigenvalue weighted by atomic mass is 10.1. The highest BCUT2D eigenvalue weighted by molar-refractivity contribution is 5.95. The third kappa shape index (κ3) is 1.49. The second-order valence-corrected chi connectivity index (χ2v) is 2.21. The molecule has 2 nitrogen and oxygen atoms in total. The van der Waals surface area contributed by atoms with Crippen LogP contribution in [0.5, 0.6) is 0 Å². The van der Waals surface area contributed by atoms with E-state index in [1.165, 1.54) is 0 Å². The van der Waals surface area contributed by atoms with Crippen LogP contribution in [0, 0.1) is 6.08 Å². The molecule has 0 aromatic heterocycles. The van der Waals surface area contributed by atoms with Crippen molar-refractivity contribution < 1.29 is 18.0 Å². The van der Waals surface area contributed by atoms with Gasteiger partial charge in [-0.05, 0) is 6.92 Å². The fourth-order valence-corrected chi connectivity index (χ4v) is 0.762. The van der Waals surface area contributed by atoms with Crippen molar-refractivity contribution in [3.8, 4) is 0 Å². The normalized spacial score (nSPS) is 18.2. The molecule has 1 amide bonds. The molecule has 12 heavy (non-hydrogen) atoms. The molecule has 0 saturated carbocycles. The van der Waals surface area contributed by atoms with Gasteiger partial charge in [0.2, 0.25) is 0 Å². The molecular weight excluding hydrogens is 171 g/mol. The molecule has 0 aromatic carbocycles. The number of allylic oxidation sites excluding steroid dienone is 2. The SMILES string of the molecule is CC1=C(C(F)(F)F)[C]=C[N]C1=O. The van der Waals surface area contributed by atoms with Crippen LogP contribution in [0.1, 0.15) is 6.92 Å². The van der Waals surface area contributed by atoms with Crippen molar-refractivity contribution in [3.63, 3.8) is 0 Å². The van der Waals surface area contributed by atoms with Crippen LogP contribution in [0.15, 0.2) is 17.3 Å². The third-order valence-electron chi connectivity index (χ3n) is 1.37. The van der Waals surface area contributed by atoms with Crippen molar-refractivity contribution in [2.75, 3.05) is 0 Å². The molecule has 2 radical (unpaired) electrons. The predicted molar refractivity (Wildman–Crippen MR) is 33.7 cm³/mol. The van der Waals surface area contributed by atoms with Crippen LogP contribution >= 0.6 is 0 Å². The standard InChI is InChI=1S/C7H4F3NO/c1-4-5(7(8,9)10)2-3-11-6(4)12/h3H,1H3. The summed E-state index contributed by atoms with van der Waals surface area (Å²) < 4.78 is 36.1. The zero-order chi connectivity index (χ0) is 9.35. The van der Waals surface area contributed by atoms with Gasteiger partial charge in [-0.3, -0.25) is 4.79 Å². The van der Waals surface area contributed by atoms with Crippen LogP contribution in [0.4, 0.5) is 13.2 Å². The molecule has 0 aliphatic carbocycles. The van der Waals surface area contributed by atoms with Gasteiger partial charge >= 0.3 is 6.18 Å². The largest absolute Gasteiger partial charge is 0.417 e. The van der Waals surface area contributed by atoms with Gasteiger partial charge in [0.25, 0.3) is 5.91 Å². The molecule has 0 bridgehead atoms. The average molecular weight is 175 g/mol. The number of carbonyl (C=O) groups excluding carboxylic acids is 1. The summed E-state index contributed by atoms with van der Waals surface area (Å²) >= 11 is 0. The Kier molecular flexibility index (Phi) is 1.95.